The number of H-pyrrole nitrogens is 1. The molecule has 3 nitrogen and oxygen atoms in total. The number of aromatic nitrogens is 2. The van der Waals surface area contributed by atoms with E-state index >= 15 is 0 Å². The molecule has 1 aliphatic carbocycles. The highest BCUT2D eigenvalue weighted by molar-refractivity contribution is 7.71. The molecule has 1 fully saturated rings. The van der Waals surface area contributed by atoms with Crippen molar-refractivity contribution in [3.63, 3.8) is 0 Å². The van der Waals surface area contributed by atoms with Crippen molar-refractivity contribution >= 4 is 34.9 Å². The second-order valence-electron chi connectivity index (χ2n) is 4.79. The van der Waals surface area contributed by atoms with Crippen LogP contribution in [-0.2, 0) is 4.74 Å². The molecule has 2 unspecified atom stereocenters. The van der Waals surface area contributed by atoms with Crippen molar-refractivity contribution in [2.45, 2.75) is 31.4 Å². The zero-order valence-electron chi connectivity index (χ0n) is 10.1. The number of hydrogen-bond acceptors (Lipinski definition) is 2. The number of aromatic amines is 1. The second-order valence-corrected chi connectivity index (χ2v) is 5.61. The van der Waals surface area contributed by atoms with Crippen molar-refractivity contribution in [1.29, 1.82) is 0 Å². The summed E-state index contributed by atoms with van der Waals surface area (Å²) in [4.78, 5) is 3.23. The Morgan fingerprint density at radius 2 is 2.28 bits per heavy atom. The smallest absolute Gasteiger partial charge is 0.178 e. The average molecular weight is 283 g/mol. The third-order valence-corrected chi connectivity index (χ3v) is 4.27. The van der Waals surface area contributed by atoms with E-state index in [1.54, 1.807) is 7.11 Å². The monoisotopic (exact) mass is 282 g/mol. The fraction of sp³-hybridized carbons (Fsp3) is 0.462. The van der Waals surface area contributed by atoms with Gasteiger partial charge in [0.25, 0.3) is 0 Å². The molecular formula is C13H15ClN2OS. The van der Waals surface area contributed by atoms with Gasteiger partial charge in [-0.05, 0) is 49.7 Å². The van der Waals surface area contributed by atoms with Crippen molar-refractivity contribution in [2.24, 2.45) is 0 Å². The summed E-state index contributed by atoms with van der Waals surface area (Å²) in [5, 5.41) is 0.729. The lowest BCUT2D eigenvalue weighted by molar-refractivity contribution is 0.106. The van der Waals surface area contributed by atoms with Crippen LogP contribution in [0.4, 0.5) is 0 Å². The molecule has 2 aromatic rings. The van der Waals surface area contributed by atoms with Crippen molar-refractivity contribution < 1.29 is 4.74 Å². The van der Waals surface area contributed by atoms with Gasteiger partial charge in [-0.25, -0.2) is 0 Å². The number of rotatable bonds is 2. The van der Waals surface area contributed by atoms with Crippen LogP contribution in [0, 0.1) is 4.77 Å². The van der Waals surface area contributed by atoms with Gasteiger partial charge in [-0.15, -0.1) is 0 Å². The van der Waals surface area contributed by atoms with Crippen LogP contribution in [-0.4, -0.2) is 22.8 Å². The fourth-order valence-corrected chi connectivity index (χ4v) is 3.36. The molecule has 1 heterocycles. The van der Waals surface area contributed by atoms with E-state index < -0.39 is 0 Å². The average Bonchev–Trinajstić information content (AvgIpc) is 2.91. The van der Waals surface area contributed by atoms with E-state index in [4.69, 9.17) is 28.6 Å². The minimum atomic E-state index is 0.356. The molecule has 3 rings (SSSR count). The lowest BCUT2D eigenvalue weighted by Gasteiger charge is -2.13. The maximum Gasteiger partial charge on any atom is 0.178 e. The number of halogens is 1. The van der Waals surface area contributed by atoms with E-state index in [0.29, 0.717) is 12.1 Å². The van der Waals surface area contributed by atoms with Gasteiger partial charge in [-0.2, -0.15) is 0 Å². The van der Waals surface area contributed by atoms with Crippen molar-refractivity contribution in [3.8, 4) is 0 Å². The summed E-state index contributed by atoms with van der Waals surface area (Å²) < 4.78 is 8.41. The number of imidazole rings is 1. The molecule has 2 atom stereocenters. The summed E-state index contributed by atoms with van der Waals surface area (Å²) in [5.41, 5.74) is 2.14. The summed E-state index contributed by atoms with van der Waals surface area (Å²) in [5.74, 6) is 0. The highest BCUT2D eigenvalue weighted by atomic mass is 35.5. The van der Waals surface area contributed by atoms with Gasteiger partial charge in [-0.3, -0.25) is 0 Å². The van der Waals surface area contributed by atoms with Crippen molar-refractivity contribution in [2.75, 3.05) is 7.11 Å². The van der Waals surface area contributed by atoms with Crippen molar-refractivity contribution in [1.82, 2.24) is 9.55 Å². The first-order valence-corrected chi connectivity index (χ1v) is 6.90. The summed E-state index contributed by atoms with van der Waals surface area (Å²) in [6.45, 7) is 0. The van der Waals surface area contributed by atoms with Crippen LogP contribution in [0.25, 0.3) is 11.0 Å². The molecule has 0 aliphatic heterocycles. The summed E-state index contributed by atoms with van der Waals surface area (Å²) in [6.07, 6.45) is 3.60. The SMILES string of the molecule is COC1CCC(n2c(=S)[nH]c3cc(Cl)ccc32)C1. The van der Waals surface area contributed by atoms with Gasteiger partial charge in [0.2, 0.25) is 0 Å². The molecule has 1 aromatic heterocycles. The molecule has 96 valence electrons. The Hall–Kier alpha value is -0.840. The van der Waals surface area contributed by atoms with Gasteiger partial charge in [-0.1, -0.05) is 11.6 Å². The summed E-state index contributed by atoms with van der Waals surface area (Å²) in [6, 6.07) is 6.29. The maximum absolute atomic E-state index is 6.00. The van der Waals surface area contributed by atoms with E-state index in [1.807, 2.05) is 18.2 Å². The van der Waals surface area contributed by atoms with Gasteiger partial charge in [0, 0.05) is 18.2 Å². The normalized spacial score (nSPS) is 23.9. The van der Waals surface area contributed by atoms with Crippen LogP contribution in [0.3, 0.4) is 0 Å². The Kier molecular flexibility index (Phi) is 3.18. The van der Waals surface area contributed by atoms with E-state index in [0.717, 1.165) is 40.1 Å². The molecule has 1 aromatic carbocycles. The van der Waals surface area contributed by atoms with Crippen LogP contribution < -0.4 is 0 Å². The predicted molar refractivity (Wildman–Crippen MR) is 75.8 cm³/mol. The minimum absolute atomic E-state index is 0.356. The molecule has 0 spiro atoms. The Balaban J connectivity index is 2.07. The first kappa shape index (κ1) is 12.2. The van der Waals surface area contributed by atoms with E-state index in [9.17, 15) is 0 Å². The van der Waals surface area contributed by atoms with E-state index in [1.165, 1.54) is 0 Å². The van der Waals surface area contributed by atoms with Crippen LogP contribution in [0.5, 0.6) is 0 Å². The van der Waals surface area contributed by atoms with Crippen LogP contribution in [0.2, 0.25) is 5.02 Å². The number of methoxy groups -OCH3 is 1. The van der Waals surface area contributed by atoms with E-state index in [2.05, 4.69) is 9.55 Å². The van der Waals surface area contributed by atoms with Crippen LogP contribution >= 0.6 is 23.8 Å². The highest BCUT2D eigenvalue weighted by Gasteiger charge is 2.27. The maximum atomic E-state index is 6.00. The lowest BCUT2D eigenvalue weighted by atomic mass is 10.2. The molecule has 18 heavy (non-hydrogen) atoms. The fourth-order valence-electron chi connectivity index (χ4n) is 2.83. The molecular weight excluding hydrogens is 268 g/mol. The third kappa shape index (κ3) is 1.98. The molecule has 0 amide bonds. The molecule has 0 radical (unpaired) electrons. The van der Waals surface area contributed by atoms with Gasteiger partial charge in [0.15, 0.2) is 4.77 Å². The Morgan fingerprint density at radius 1 is 1.44 bits per heavy atom. The zero-order valence-corrected chi connectivity index (χ0v) is 11.7. The first-order valence-electron chi connectivity index (χ1n) is 6.11. The molecule has 0 saturated heterocycles. The van der Waals surface area contributed by atoms with Gasteiger partial charge < -0.3 is 14.3 Å². The minimum Gasteiger partial charge on any atom is -0.381 e. The largest absolute Gasteiger partial charge is 0.381 e. The second kappa shape index (κ2) is 4.68. The van der Waals surface area contributed by atoms with Gasteiger partial charge >= 0.3 is 0 Å². The first-order chi connectivity index (χ1) is 8.69. The Labute approximate surface area is 116 Å². The number of ether oxygens (including phenoxy) is 1. The molecule has 1 N–H and O–H groups in total. The molecule has 1 saturated carbocycles. The molecule has 5 heteroatoms. The van der Waals surface area contributed by atoms with Crippen molar-refractivity contribution in [3.05, 3.63) is 28.0 Å². The van der Waals surface area contributed by atoms with Gasteiger partial charge in [0.1, 0.15) is 0 Å². The number of nitrogens with zero attached hydrogens (tertiary/aromatic N) is 1. The number of fused-ring (bicyclic) bond motifs is 1. The topological polar surface area (TPSA) is 29.9 Å². The third-order valence-electron chi connectivity index (χ3n) is 3.73. The van der Waals surface area contributed by atoms with Crippen LogP contribution in [0.15, 0.2) is 18.2 Å². The lowest BCUT2D eigenvalue weighted by Crippen LogP contribution is -2.08. The quantitative estimate of drug-likeness (QED) is 0.841. The number of benzene rings is 1. The Bertz CT molecular complexity index is 633. The zero-order chi connectivity index (χ0) is 12.7. The summed E-state index contributed by atoms with van der Waals surface area (Å²) in [7, 11) is 1.78. The van der Waals surface area contributed by atoms with Crippen LogP contribution in [0.1, 0.15) is 25.3 Å². The number of hydrogen-bond donors (Lipinski definition) is 1. The van der Waals surface area contributed by atoms with Gasteiger partial charge in [0.05, 0.1) is 17.1 Å². The van der Waals surface area contributed by atoms with E-state index in [-0.39, 0.29) is 0 Å². The number of nitrogens with one attached hydrogen (secondary N) is 1. The Morgan fingerprint density at radius 3 is 3.00 bits per heavy atom. The highest BCUT2D eigenvalue weighted by Crippen LogP contribution is 2.34. The summed E-state index contributed by atoms with van der Waals surface area (Å²) >= 11 is 11.4. The predicted octanol–water partition coefficient (Wildman–Crippen LogP) is 4.09. The molecule has 0 bridgehead atoms. The molecule has 1 aliphatic rings. The standard InChI is InChI=1S/C13H15ClN2OS/c1-17-10-4-3-9(7-10)16-12-5-2-8(14)6-11(12)15-13(16)18/h2,5-6,9-10H,3-4,7H2,1H3,(H,15,18).